The molecular weight excluding hydrogens is 608 g/mol. The quantitative estimate of drug-likeness (QED) is 0.0424. The van der Waals surface area contributed by atoms with Gasteiger partial charge in [0.2, 0.25) is 11.8 Å². The molecule has 3 aliphatic heterocycles. The van der Waals surface area contributed by atoms with Crippen molar-refractivity contribution in [3.63, 3.8) is 0 Å². The van der Waals surface area contributed by atoms with Crippen LogP contribution in [0.3, 0.4) is 0 Å². The van der Waals surface area contributed by atoms with Crippen LogP contribution in [-0.2, 0) is 16.0 Å². The number of carbonyl (C=O) groups is 4. The van der Waals surface area contributed by atoms with E-state index in [4.69, 9.17) is 15.6 Å². The third-order valence-corrected chi connectivity index (χ3v) is 9.85. The van der Waals surface area contributed by atoms with E-state index in [2.05, 4.69) is 21.3 Å². The van der Waals surface area contributed by atoms with Gasteiger partial charge in [-0.15, -0.1) is 0 Å². The molecule has 2 aromatic carbocycles. The molecule has 3 heterocycles. The molecule has 6 rings (SSSR count). The number of benzene rings is 3. The minimum Gasteiger partial charge on any atom is -0.478 e. The number of carbonyl (C=O) groups excluding carboxylic acids is 3. The average Bonchev–Trinajstić information content (AvgIpc) is 3.57. The number of urea groups is 1. The second kappa shape index (κ2) is 13.1. The van der Waals surface area contributed by atoms with Crippen molar-refractivity contribution in [1.82, 2.24) is 21.3 Å². The summed E-state index contributed by atoms with van der Waals surface area (Å²) in [6, 6.07) is 15.1. The van der Waals surface area contributed by atoms with Gasteiger partial charge in [0.15, 0.2) is 0 Å². The first-order valence-electron chi connectivity index (χ1n) is 15.1. The zero-order chi connectivity index (χ0) is 32.4. The van der Waals surface area contributed by atoms with Gasteiger partial charge >= 0.3 is 12.0 Å². The first-order valence-corrected chi connectivity index (χ1v) is 16.1. The molecular formula is C33H34N6O6S. The standard InChI is InChI=1S/C33H34N6O6S/c34-18-6-9-21-25(13-18)45-26-14-19(35)7-10-22(26)30(21)20-8-5-17(11-23(20)32(42)43)12-29(41)37-16-36-28(40)4-2-1-3-27-31-24(15-46-27)38-33(44)39-31/h5-11,13-14,24,27,31,34H,1-4,12,15-16,35H2,(H,36,40)(H,37,41)(H,42,43)(H2,38,39,44)/t24-,27-,31-/m0/s1. The topological polar surface area (TPSA) is 200 Å². The number of amides is 4. The number of rotatable bonds is 11. The van der Waals surface area contributed by atoms with Crippen LogP contribution < -0.4 is 32.4 Å². The number of hydrogen-bond acceptors (Lipinski definition) is 8. The van der Waals surface area contributed by atoms with E-state index in [1.54, 1.807) is 48.5 Å². The van der Waals surface area contributed by atoms with Gasteiger partial charge in [0.25, 0.3) is 0 Å². The summed E-state index contributed by atoms with van der Waals surface area (Å²) in [7, 11) is 0. The Balaban J connectivity index is 1.06. The average molecular weight is 643 g/mol. The molecule has 0 bridgehead atoms. The molecule has 0 radical (unpaired) electrons. The predicted octanol–water partition coefficient (Wildman–Crippen LogP) is 3.42. The van der Waals surface area contributed by atoms with E-state index in [1.807, 2.05) is 11.8 Å². The summed E-state index contributed by atoms with van der Waals surface area (Å²) >= 11 is 1.84. The number of aromatic carboxylic acids is 1. The van der Waals surface area contributed by atoms with E-state index in [0.717, 1.165) is 18.6 Å². The summed E-state index contributed by atoms with van der Waals surface area (Å²) < 4.78 is 6.02. The van der Waals surface area contributed by atoms with Crippen molar-refractivity contribution < 1.29 is 28.7 Å². The van der Waals surface area contributed by atoms with Gasteiger partial charge in [-0.3, -0.25) is 9.59 Å². The number of anilines is 1. The number of carboxylic acid groups (broad SMARTS) is 1. The van der Waals surface area contributed by atoms with Crippen molar-refractivity contribution in [1.29, 1.82) is 5.41 Å². The van der Waals surface area contributed by atoms with Crippen LogP contribution in [0.15, 0.2) is 59.0 Å². The van der Waals surface area contributed by atoms with Crippen LogP contribution in [0.4, 0.5) is 10.5 Å². The third kappa shape index (κ3) is 6.64. The molecule has 2 fully saturated rings. The Bertz CT molecular complexity index is 1880. The maximum Gasteiger partial charge on any atom is 0.336 e. The lowest BCUT2D eigenvalue weighted by Gasteiger charge is -2.17. The monoisotopic (exact) mass is 642 g/mol. The highest BCUT2D eigenvalue weighted by atomic mass is 32.2. The van der Waals surface area contributed by atoms with E-state index >= 15 is 0 Å². The molecule has 4 aliphatic rings. The zero-order valence-electron chi connectivity index (χ0n) is 24.9. The van der Waals surface area contributed by atoms with Gasteiger partial charge in [0, 0.05) is 51.8 Å². The molecule has 4 amide bonds. The lowest BCUT2D eigenvalue weighted by Crippen LogP contribution is -2.38. The maximum absolute atomic E-state index is 12.7. The largest absolute Gasteiger partial charge is 0.478 e. The number of carboxylic acids is 1. The highest BCUT2D eigenvalue weighted by Gasteiger charge is 2.42. The molecule has 12 nitrogen and oxygen atoms in total. The van der Waals surface area contributed by atoms with E-state index in [1.165, 1.54) is 6.07 Å². The summed E-state index contributed by atoms with van der Waals surface area (Å²) in [6.45, 7) is -0.0336. The Morgan fingerprint density at radius 2 is 1.80 bits per heavy atom. The lowest BCUT2D eigenvalue weighted by atomic mass is 9.89. The lowest BCUT2D eigenvalue weighted by molar-refractivity contribution is -0.122. The van der Waals surface area contributed by atoms with Gasteiger partial charge in [-0.2, -0.15) is 11.8 Å². The Labute approximate surface area is 268 Å². The first kappa shape index (κ1) is 31.0. The van der Waals surface area contributed by atoms with Crippen molar-refractivity contribution in [2.75, 3.05) is 18.2 Å². The van der Waals surface area contributed by atoms with Gasteiger partial charge in [-0.05, 0) is 54.3 Å². The van der Waals surface area contributed by atoms with Crippen molar-refractivity contribution in [3.8, 4) is 22.5 Å². The molecule has 238 valence electrons. The number of hydrogen-bond donors (Lipinski definition) is 7. The van der Waals surface area contributed by atoms with Crippen LogP contribution in [0.2, 0.25) is 0 Å². The van der Waals surface area contributed by atoms with Crippen molar-refractivity contribution in [2.24, 2.45) is 0 Å². The summed E-state index contributed by atoms with van der Waals surface area (Å²) in [5.74, 6) is -0.366. The van der Waals surface area contributed by atoms with E-state index in [-0.39, 0.29) is 53.9 Å². The Morgan fingerprint density at radius 1 is 1.00 bits per heavy atom. The summed E-state index contributed by atoms with van der Waals surface area (Å²) in [4.78, 5) is 49.0. The van der Waals surface area contributed by atoms with Crippen molar-refractivity contribution in [2.45, 2.75) is 49.4 Å². The normalized spacial score (nSPS) is 18.6. The number of nitrogen functional groups attached to an aromatic ring is 1. The minimum atomic E-state index is -1.16. The summed E-state index contributed by atoms with van der Waals surface area (Å²) in [6.07, 6.45) is 2.75. The Kier molecular flexibility index (Phi) is 8.84. The molecule has 13 heteroatoms. The Hall–Kier alpha value is -5.04. The van der Waals surface area contributed by atoms with Crippen LogP contribution in [0, 0.1) is 5.41 Å². The third-order valence-electron chi connectivity index (χ3n) is 8.35. The number of unbranched alkanes of at least 4 members (excludes halogenated alkanes) is 1. The second-order valence-corrected chi connectivity index (χ2v) is 12.8. The molecule has 2 aromatic rings. The van der Waals surface area contributed by atoms with Crippen molar-refractivity contribution >= 4 is 52.2 Å². The number of fused-ring (bicyclic) bond motifs is 3. The van der Waals surface area contributed by atoms with E-state index in [9.17, 15) is 24.3 Å². The van der Waals surface area contributed by atoms with Gasteiger partial charge in [-0.25, -0.2) is 9.59 Å². The predicted molar refractivity (Wildman–Crippen MR) is 174 cm³/mol. The molecule has 1 aliphatic carbocycles. The highest BCUT2D eigenvalue weighted by molar-refractivity contribution is 8.00. The highest BCUT2D eigenvalue weighted by Crippen LogP contribution is 2.42. The number of thioether (sulfide) groups is 1. The minimum absolute atomic E-state index is 0.0114. The van der Waals surface area contributed by atoms with Crippen molar-refractivity contribution in [3.05, 3.63) is 71.1 Å². The summed E-state index contributed by atoms with van der Waals surface area (Å²) in [5, 5.41) is 30.7. The fourth-order valence-corrected chi connectivity index (χ4v) is 7.69. The van der Waals surface area contributed by atoms with Crippen LogP contribution in [-0.4, -0.2) is 58.7 Å². The van der Waals surface area contributed by atoms with Gasteiger partial charge < -0.3 is 41.9 Å². The van der Waals surface area contributed by atoms with E-state index < -0.39 is 5.97 Å². The molecule has 0 unspecified atom stereocenters. The van der Waals surface area contributed by atoms with Gasteiger partial charge in [0.1, 0.15) is 11.3 Å². The Morgan fingerprint density at radius 3 is 2.63 bits per heavy atom. The molecule has 0 saturated carbocycles. The van der Waals surface area contributed by atoms with Crippen LogP contribution in [0.1, 0.15) is 41.6 Å². The van der Waals surface area contributed by atoms with Crippen LogP contribution in [0.25, 0.3) is 33.4 Å². The molecule has 3 atom stereocenters. The number of nitrogens with one attached hydrogen (secondary N) is 5. The smallest absolute Gasteiger partial charge is 0.336 e. The fraction of sp³-hybridized carbons (Fsp3) is 0.303. The molecule has 0 aromatic heterocycles. The molecule has 0 spiro atoms. The van der Waals surface area contributed by atoms with Crippen LogP contribution >= 0.6 is 11.8 Å². The summed E-state index contributed by atoms with van der Waals surface area (Å²) in [5.41, 5.74) is 9.14. The van der Waals surface area contributed by atoms with E-state index in [0.29, 0.717) is 62.8 Å². The first-order chi connectivity index (χ1) is 22.2. The van der Waals surface area contributed by atoms with Gasteiger partial charge in [0.05, 0.1) is 36.1 Å². The molecule has 46 heavy (non-hydrogen) atoms. The fourth-order valence-electron chi connectivity index (χ4n) is 6.14. The zero-order valence-corrected chi connectivity index (χ0v) is 25.7. The second-order valence-electron chi connectivity index (χ2n) is 11.5. The van der Waals surface area contributed by atoms with Crippen LogP contribution in [0.5, 0.6) is 0 Å². The molecule has 8 N–H and O–H groups in total. The van der Waals surface area contributed by atoms with Gasteiger partial charge in [-0.1, -0.05) is 18.6 Å². The molecule has 2 saturated heterocycles. The number of nitrogens with two attached hydrogens (primary N) is 1. The maximum atomic E-state index is 12.7. The SMILES string of the molecule is N=c1ccc2c(-c3ccc(CC(=O)NCNC(=O)CCCC[C@@H]4SC[C@@H]5NC(=O)N[C@@H]54)cc3C(=O)O)c3ccc(N)cc3oc-2c1.